The fraction of sp³-hybridized carbons (Fsp3) is 0.538. The number of nitrogens with zero attached hydrogens (tertiary/aromatic N) is 1. The first-order chi connectivity index (χ1) is 8.70. The molecule has 0 heterocycles. The summed E-state index contributed by atoms with van der Waals surface area (Å²) >= 11 is 5.90. The first-order valence-electron chi connectivity index (χ1n) is 6.25. The van der Waals surface area contributed by atoms with Gasteiger partial charge < -0.3 is 5.73 Å². The van der Waals surface area contributed by atoms with Crippen molar-refractivity contribution in [3.8, 4) is 0 Å². The monoisotopic (exact) mass is 304 g/mol. The zero-order valence-electron chi connectivity index (χ0n) is 11.8. The summed E-state index contributed by atoms with van der Waals surface area (Å²) in [6, 6.07) is 3.03. The van der Waals surface area contributed by atoms with E-state index in [1.54, 1.807) is 13.0 Å². The Bertz CT molecular complexity index is 556. The van der Waals surface area contributed by atoms with Gasteiger partial charge in [-0.25, -0.2) is 8.42 Å². The van der Waals surface area contributed by atoms with E-state index < -0.39 is 10.0 Å². The molecule has 0 aliphatic carbocycles. The van der Waals surface area contributed by atoms with Crippen LogP contribution in [0.3, 0.4) is 0 Å². The molecule has 4 nitrogen and oxygen atoms in total. The molecule has 1 aromatic carbocycles. The Hall–Kier alpha value is -0.780. The van der Waals surface area contributed by atoms with Gasteiger partial charge in [-0.1, -0.05) is 32.4 Å². The molecule has 0 aliphatic heterocycles. The van der Waals surface area contributed by atoms with Gasteiger partial charge in [0.25, 0.3) is 0 Å². The Labute approximate surface area is 120 Å². The number of anilines is 1. The van der Waals surface area contributed by atoms with E-state index in [0.29, 0.717) is 23.7 Å². The first kappa shape index (κ1) is 16.3. The number of halogens is 1. The summed E-state index contributed by atoms with van der Waals surface area (Å²) in [4.78, 5) is 0.233. The van der Waals surface area contributed by atoms with E-state index in [4.69, 9.17) is 17.3 Å². The Morgan fingerprint density at radius 3 is 2.42 bits per heavy atom. The van der Waals surface area contributed by atoms with E-state index in [0.717, 1.165) is 0 Å². The third-order valence-corrected chi connectivity index (χ3v) is 5.24. The average Bonchev–Trinajstić information content (AvgIpc) is 2.30. The zero-order chi connectivity index (χ0) is 14.8. The molecule has 0 saturated heterocycles. The van der Waals surface area contributed by atoms with Gasteiger partial charge >= 0.3 is 0 Å². The standard InChI is InChI=1S/C13H21ClN2O2S/c1-5-16(8-9(2)3)19(17,18)13-7-12(15)11(14)6-10(13)4/h6-7,9H,5,8,15H2,1-4H3. The van der Waals surface area contributed by atoms with E-state index in [2.05, 4.69) is 0 Å². The largest absolute Gasteiger partial charge is 0.397 e. The van der Waals surface area contributed by atoms with Gasteiger partial charge in [0.1, 0.15) is 0 Å². The molecule has 0 radical (unpaired) electrons. The zero-order valence-corrected chi connectivity index (χ0v) is 13.3. The Morgan fingerprint density at radius 2 is 1.95 bits per heavy atom. The smallest absolute Gasteiger partial charge is 0.243 e. The Kier molecular flexibility index (Phi) is 5.24. The fourth-order valence-electron chi connectivity index (χ4n) is 1.89. The second-order valence-electron chi connectivity index (χ2n) is 4.99. The molecule has 19 heavy (non-hydrogen) atoms. The molecule has 0 aromatic heterocycles. The van der Waals surface area contributed by atoms with Crippen LogP contribution in [0.5, 0.6) is 0 Å². The molecule has 0 unspecified atom stereocenters. The highest BCUT2D eigenvalue weighted by Crippen LogP contribution is 2.28. The van der Waals surface area contributed by atoms with E-state index in [1.807, 2.05) is 20.8 Å². The number of hydrogen-bond acceptors (Lipinski definition) is 3. The summed E-state index contributed by atoms with van der Waals surface area (Å²) in [5.41, 5.74) is 6.61. The van der Waals surface area contributed by atoms with Crippen LogP contribution in [0.1, 0.15) is 26.3 Å². The molecule has 0 atom stereocenters. The molecule has 2 N–H and O–H groups in total. The lowest BCUT2D eigenvalue weighted by Gasteiger charge is -2.23. The summed E-state index contributed by atoms with van der Waals surface area (Å²) in [5.74, 6) is 0.264. The van der Waals surface area contributed by atoms with Crippen molar-refractivity contribution >= 4 is 27.3 Å². The summed E-state index contributed by atoms with van der Waals surface area (Å²) < 4.78 is 26.7. The molecule has 0 aliphatic rings. The van der Waals surface area contributed by atoms with Crippen molar-refractivity contribution in [3.05, 3.63) is 22.7 Å². The van der Waals surface area contributed by atoms with Crippen molar-refractivity contribution in [2.45, 2.75) is 32.6 Å². The van der Waals surface area contributed by atoms with Crippen LogP contribution >= 0.6 is 11.6 Å². The molecule has 0 fully saturated rings. The maximum absolute atomic E-state index is 12.6. The molecular weight excluding hydrogens is 284 g/mol. The van der Waals surface area contributed by atoms with Gasteiger partial charge in [-0.2, -0.15) is 4.31 Å². The van der Waals surface area contributed by atoms with Gasteiger partial charge in [0.05, 0.1) is 15.6 Å². The summed E-state index contributed by atoms with van der Waals surface area (Å²) in [7, 11) is -3.52. The van der Waals surface area contributed by atoms with Crippen molar-refractivity contribution in [3.63, 3.8) is 0 Å². The van der Waals surface area contributed by atoms with Crippen LogP contribution in [0, 0.1) is 12.8 Å². The minimum atomic E-state index is -3.52. The third-order valence-electron chi connectivity index (χ3n) is 2.83. The van der Waals surface area contributed by atoms with Gasteiger partial charge in [0.2, 0.25) is 10.0 Å². The van der Waals surface area contributed by atoms with Crippen molar-refractivity contribution in [1.82, 2.24) is 4.31 Å². The average molecular weight is 305 g/mol. The topological polar surface area (TPSA) is 63.4 Å². The predicted molar refractivity (Wildman–Crippen MR) is 79.9 cm³/mol. The van der Waals surface area contributed by atoms with Gasteiger partial charge in [0.15, 0.2) is 0 Å². The number of nitrogens with two attached hydrogens (primary N) is 1. The number of sulfonamides is 1. The van der Waals surface area contributed by atoms with Gasteiger partial charge in [0, 0.05) is 13.1 Å². The molecule has 0 spiro atoms. The highest BCUT2D eigenvalue weighted by atomic mass is 35.5. The molecule has 0 amide bonds. The van der Waals surface area contributed by atoms with Crippen LogP contribution < -0.4 is 5.73 Å². The number of hydrogen-bond donors (Lipinski definition) is 1. The summed E-state index contributed by atoms with van der Waals surface area (Å²) in [5, 5.41) is 0.378. The fourth-order valence-corrected chi connectivity index (χ4v) is 3.96. The van der Waals surface area contributed by atoms with Crippen molar-refractivity contribution < 1.29 is 8.42 Å². The van der Waals surface area contributed by atoms with Crippen LogP contribution in [0.25, 0.3) is 0 Å². The molecule has 108 valence electrons. The van der Waals surface area contributed by atoms with Crippen molar-refractivity contribution in [2.24, 2.45) is 5.92 Å². The van der Waals surface area contributed by atoms with Crippen LogP contribution in [-0.2, 0) is 10.0 Å². The maximum atomic E-state index is 12.6. The quantitative estimate of drug-likeness (QED) is 0.851. The SMILES string of the molecule is CCN(CC(C)C)S(=O)(=O)c1cc(N)c(Cl)cc1C. The first-order valence-corrected chi connectivity index (χ1v) is 8.07. The Balaban J connectivity index is 3.30. The van der Waals surface area contributed by atoms with E-state index in [9.17, 15) is 8.42 Å². The van der Waals surface area contributed by atoms with Crippen molar-refractivity contribution in [1.29, 1.82) is 0 Å². The molecule has 0 saturated carbocycles. The van der Waals surface area contributed by atoms with Crippen LogP contribution in [0.15, 0.2) is 17.0 Å². The lowest BCUT2D eigenvalue weighted by atomic mass is 10.2. The maximum Gasteiger partial charge on any atom is 0.243 e. The number of nitrogen functional groups attached to an aromatic ring is 1. The molecular formula is C13H21ClN2O2S. The van der Waals surface area contributed by atoms with Gasteiger partial charge in [-0.05, 0) is 30.5 Å². The van der Waals surface area contributed by atoms with E-state index in [-0.39, 0.29) is 16.5 Å². The number of rotatable bonds is 5. The highest BCUT2D eigenvalue weighted by Gasteiger charge is 2.26. The predicted octanol–water partition coefficient (Wildman–Crippen LogP) is 2.90. The van der Waals surface area contributed by atoms with Crippen molar-refractivity contribution in [2.75, 3.05) is 18.8 Å². The second kappa shape index (κ2) is 6.11. The minimum Gasteiger partial charge on any atom is -0.397 e. The lowest BCUT2D eigenvalue weighted by molar-refractivity contribution is 0.380. The number of benzene rings is 1. The summed E-state index contributed by atoms with van der Waals surface area (Å²) in [6.07, 6.45) is 0. The number of aryl methyl sites for hydroxylation is 1. The Morgan fingerprint density at radius 1 is 1.37 bits per heavy atom. The van der Waals surface area contributed by atoms with Crippen LogP contribution in [0.4, 0.5) is 5.69 Å². The van der Waals surface area contributed by atoms with Crippen LogP contribution in [0.2, 0.25) is 5.02 Å². The molecule has 6 heteroatoms. The van der Waals surface area contributed by atoms with Gasteiger partial charge in [-0.3, -0.25) is 0 Å². The molecule has 1 rings (SSSR count). The van der Waals surface area contributed by atoms with Gasteiger partial charge in [-0.15, -0.1) is 0 Å². The molecule has 1 aromatic rings. The highest BCUT2D eigenvalue weighted by molar-refractivity contribution is 7.89. The normalized spacial score (nSPS) is 12.4. The van der Waals surface area contributed by atoms with Crippen LogP contribution in [-0.4, -0.2) is 25.8 Å². The minimum absolute atomic E-state index is 0.233. The van der Waals surface area contributed by atoms with E-state index in [1.165, 1.54) is 10.4 Å². The third kappa shape index (κ3) is 3.61. The van der Waals surface area contributed by atoms with E-state index >= 15 is 0 Å². The lowest BCUT2D eigenvalue weighted by Crippen LogP contribution is -2.34. The molecule has 0 bridgehead atoms. The second-order valence-corrected chi connectivity index (χ2v) is 7.30. The summed E-state index contributed by atoms with van der Waals surface area (Å²) in [6.45, 7) is 8.45.